The fraction of sp³-hybridized carbons (Fsp3) is 0.143. The molecule has 0 radical (unpaired) electrons. The first-order chi connectivity index (χ1) is 9.72. The Balaban J connectivity index is 2.47. The van der Waals surface area contributed by atoms with E-state index in [0.717, 1.165) is 11.1 Å². The molecule has 1 N–H and O–H groups in total. The Kier molecular flexibility index (Phi) is 5.03. The second-order valence-corrected chi connectivity index (χ2v) is 8.30. The van der Waals surface area contributed by atoms with Crippen molar-refractivity contribution in [3.8, 4) is 0 Å². The van der Waals surface area contributed by atoms with Crippen LogP contribution in [0, 0.1) is 13.8 Å². The Morgan fingerprint density at radius 2 is 1.67 bits per heavy atom. The molecule has 2 rings (SSSR count). The molecule has 2 aromatic rings. The Bertz CT molecular complexity index is 790. The van der Waals surface area contributed by atoms with Gasteiger partial charge >= 0.3 is 0 Å². The number of benzene rings is 2. The topological polar surface area (TPSA) is 46.2 Å². The molecule has 2 aromatic carbocycles. The molecular weight excluding hydrogens is 441 g/mol. The minimum absolute atomic E-state index is 0.198. The molecule has 0 amide bonds. The van der Waals surface area contributed by atoms with E-state index in [2.05, 4.69) is 36.6 Å². The second kappa shape index (κ2) is 6.28. The van der Waals surface area contributed by atoms with Gasteiger partial charge < -0.3 is 0 Å². The van der Waals surface area contributed by atoms with E-state index in [1.54, 1.807) is 30.3 Å². The summed E-state index contributed by atoms with van der Waals surface area (Å²) in [5.74, 6) is 0. The van der Waals surface area contributed by atoms with Gasteiger partial charge in [-0.05, 0) is 69.5 Å². The Morgan fingerprint density at radius 3 is 2.24 bits per heavy atom. The number of aryl methyl sites for hydroxylation is 2. The summed E-state index contributed by atoms with van der Waals surface area (Å²) >= 11 is 12.8. The van der Waals surface area contributed by atoms with Crippen molar-refractivity contribution >= 4 is 59.2 Å². The van der Waals surface area contributed by atoms with Crippen LogP contribution >= 0.6 is 43.5 Å². The molecule has 0 aliphatic rings. The molecule has 0 saturated heterocycles. The molecule has 0 fully saturated rings. The lowest BCUT2D eigenvalue weighted by Crippen LogP contribution is -2.14. The molecule has 0 atom stereocenters. The van der Waals surface area contributed by atoms with Crippen LogP contribution in [0.2, 0.25) is 5.02 Å². The van der Waals surface area contributed by atoms with Crippen molar-refractivity contribution in [2.24, 2.45) is 0 Å². The van der Waals surface area contributed by atoms with Crippen LogP contribution in [0.3, 0.4) is 0 Å². The summed E-state index contributed by atoms with van der Waals surface area (Å²) < 4.78 is 28.5. The standard InChI is InChI=1S/C14H12Br2ClNO2S/c1-8-3-5-10(6-4-8)21(19,20)18-14-11(15)7-9(2)13(17)12(14)16/h3-7,18H,1-2H3. The molecule has 0 saturated carbocycles. The van der Waals surface area contributed by atoms with Crippen molar-refractivity contribution in [2.45, 2.75) is 18.7 Å². The van der Waals surface area contributed by atoms with Crippen molar-refractivity contribution in [1.29, 1.82) is 0 Å². The molecule has 0 unspecified atom stereocenters. The van der Waals surface area contributed by atoms with Gasteiger partial charge in [-0.2, -0.15) is 0 Å². The van der Waals surface area contributed by atoms with E-state index in [0.29, 0.717) is 19.7 Å². The monoisotopic (exact) mass is 451 g/mol. The van der Waals surface area contributed by atoms with E-state index in [-0.39, 0.29) is 4.90 Å². The second-order valence-electron chi connectivity index (χ2n) is 4.60. The Hall–Kier alpha value is -0.560. The van der Waals surface area contributed by atoms with Crippen molar-refractivity contribution in [3.63, 3.8) is 0 Å². The summed E-state index contributed by atoms with van der Waals surface area (Å²) in [6.07, 6.45) is 0. The van der Waals surface area contributed by atoms with Crippen LogP contribution in [-0.2, 0) is 10.0 Å². The number of rotatable bonds is 3. The highest BCUT2D eigenvalue weighted by Gasteiger charge is 2.19. The smallest absolute Gasteiger partial charge is 0.261 e. The van der Waals surface area contributed by atoms with Crippen LogP contribution in [0.5, 0.6) is 0 Å². The Labute approximate surface area is 146 Å². The third-order valence-electron chi connectivity index (χ3n) is 2.91. The molecule has 21 heavy (non-hydrogen) atoms. The molecular formula is C14H12Br2ClNO2S. The quantitative estimate of drug-likeness (QED) is 0.643. The van der Waals surface area contributed by atoms with Gasteiger partial charge in [0.1, 0.15) is 0 Å². The minimum atomic E-state index is -3.67. The first kappa shape index (κ1) is 16.8. The number of nitrogens with one attached hydrogen (secondary N) is 1. The van der Waals surface area contributed by atoms with Crippen molar-refractivity contribution in [3.05, 3.63) is 55.4 Å². The van der Waals surface area contributed by atoms with Crippen LogP contribution < -0.4 is 4.72 Å². The normalized spacial score (nSPS) is 11.5. The molecule has 0 aliphatic carbocycles. The summed E-state index contributed by atoms with van der Waals surface area (Å²) in [6, 6.07) is 8.40. The molecule has 0 aliphatic heterocycles. The zero-order valence-electron chi connectivity index (χ0n) is 11.2. The molecule has 0 bridgehead atoms. The first-order valence-electron chi connectivity index (χ1n) is 5.96. The maximum Gasteiger partial charge on any atom is 0.261 e. The number of hydrogen-bond acceptors (Lipinski definition) is 2. The summed E-state index contributed by atoms with van der Waals surface area (Å²) in [5, 5.41) is 0.472. The molecule has 112 valence electrons. The van der Waals surface area contributed by atoms with Crippen LogP contribution in [0.15, 0.2) is 44.2 Å². The lowest BCUT2D eigenvalue weighted by molar-refractivity contribution is 0.601. The highest BCUT2D eigenvalue weighted by Crippen LogP contribution is 2.39. The summed E-state index contributed by atoms with van der Waals surface area (Å²) in [4.78, 5) is 0.198. The van der Waals surface area contributed by atoms with Gasteiger partial charge in [0.05, 0.1) is 20.1 Å². The number of anilines is 1. The van der Waals surface area contributed by atoms with Gasteiger partial charge in [0, 0.05) is 4.47 Å². The minimum Gasteiger partial charge on any atom is -0.277 e. The number of hydrogen-bond donors (Lipinski definition) is 1. The van der Waals surface area contributed by atoms with E-state index in [1.807, 2.05) is 13.8 Å². The summed E-state index contributed by atoms with van der Waals surface area (Å²) in [7, 11) is -3.67. The van der Waals surface area contributed by atoms with Gasteiger partial charge in [0.15, 0.2) is 0 Å². The first-order valence-corrected chi connectivity index (χ1v) is 9.40. The Morgan fingerprint density at radius 1 is 1.10 bits per heavy atom. The van der Waals surface area contributed by atoms with Gasteiger partial charge in [0.2, 0.25) is 0 Å². The van der Waals surface area contributed by atoms with Crippen molar-refractivity contribution < 1.29 is 8.42 Å². The van der Waals surface area contributed by atoms with Gasteiger partial charge in [-0.3, -0.25) is 4.72 Å². The van der Waals surface area contributed by atoms with Crippen molar-refractivity contribution in [1.82, 2.24) is 0 Å². The SMILES string of the molecule is Cc1ccc(S(=O)(=O)Nc2c(Br)cc(C)c(Cl)c2Br)cc1. The number of sulfonamides is 1. The van der Waals surface area contributed by atoms with Gasteiger partial charge in [-0.25, -0.2) is 8.42 Å². The lowest BCUT2D eigenvalue weighted by atomic mass is 10.2. The summed E-state index contributed by atoms with van der Waals surface area (Å²) in [5.41, 5.74) is 2.22. The fourth-order valence-electron chi connectivity index (χ4n) is 1.72. The third kappa shape index (κ3) is 3.62. The highest BCUT2D eigenvalue weighted by molar-refractivity contribution is 9.11. The van der Waals surface area contributed by atoms with Gasteiger partial charge in [-0.15, -0.1) is 0 Å². The maximum absolute atomic E-state index is 12.4. The van der Waals surface area contributed by atoms with Crippen molar-refractivity contribution in [2.75, 3.05) is 4.72 Å². The van der Waals surface area contributed by atoms with E-state index in [1.165, 1.54) is 0 Å². The average molecular weight is 454 g/mol. The zero-order chi connectivity index (χ0) is 15.8. The van der Waals surface area contributed by atoms with Crippen LogP contribution in [0.1, 0.15) is 11.1 Å². The van der Waals surface area contributed by atoms with Gasteiger partial charge in [0.25, 0.3) is 10.0 Å². The van der Waals surface area contributed by atoms with E-state index >= 15 is 0 Å². The molecule has 0 aromatic heterocycles. The molecule has 0 spiro atoms. The molecule has 3 nitrogen and oxygen atoms in total. The number of halogens is 3. The van der Waals surface area contributed by atoms with E-state index < -0.39 is 10.0 Å². The highest BCUT2D eigenvalue weighted by atomic mass is 79.9. The third-order valence-corrected chi connectivity index (χ3v) is 6.41. The zero-order valence-corrected chi connectivity index (χ0v) is 16.0. The predicted molar refractivity (Wildman–Crippen MR) is 93.6 cm³/mol. The van der Waals surface area contributed by atoms with Crippen LogP contribution in [0.4, 0.5) is 5.69 Å². The maximum atomic E-state index is 12.4. The predicted octanol–water partition coefficient (Wildman–Crippen LogP) is 5.28. The van der Waals surface area contributed by atoms with Crippen LogP contribution in [0.25, 0.3) is 0 Å². The summed E-state index contributed by atoms with van der Waals surface area (Å²) in [6.45, 7) is 3.74. The van der Waals surface area contributed by atoms with E-state index in [4.69, 9.17) is 11.6 Å². The molecule has 7 heteroatoms. The fourth-order valence-corrected chi connectivity index (χ4v) is 4.75. The van der Waals surface area contributed by atoms with Crippen LogP contribution in [-0.4, -0.2) is 8.42 Å². The largest absolute Gasteiger partial charge is 0.277 e. The lowest BCUT2D eigenvalue weighted by Gasteiger charge is -2.14. The van der Waals surface area contributed by atoms with Gasteiger partial charge in [-0.1, -0.05) is 29.3 Å². The molecule has 0 heterocycles. The van der Waals surface area contributed by atoms with E-state index in [9.17, 15) is 8.42 Å². The average Bonchev–Trinajstić information content (AvgIpc) is 2.42.